The second-order valence-corrected chi connectivity index (χ2v) is 6.01. The summed E-state index contributed by atoms with van der Waals surface area (Å²) in [6.07, 6.45) is -4.40. The van der Waals surface area contributed by atoms with Crippen LogP contribution in [0.4, 0.5) is 13.2 Å². The Labute approximate surface area is 153 Å². The normalized spacial score (nSPS) is 11.1. The maximum absolute atomic E-state index is 12.5. The predicted octanol–water partition coefficient (Wildman–Crippen LogP) is 3.75. The summed E-state index contributed by atoms with van der Waals surface area (Å²) in [6.45, 7) is -0.125. The molecule has 0 aliphatic carbocycles. The number of hydrogen-bond acceptors (Lipinski definition) is 2. The number of amides is 2. The lowest BCUT2D eigenvalue weighted by Crippen LogP contribution is -2.37. The largest absolute Gasteiger partial charge is 0.416 e. The molecule has 1 N–H and O–H groups in total. The van der Waals surface area contributed by atoms with Gasteiger partial charge >= 0.3 is 6.18 Å². The summed E-state index contributed by atoms with van der Waals surface area (Å²) in [5.41, 5.74) is 0.0564. The van der Waals surface area contributed by atoms with Gasteiger partial charge in [-0.05, 0) is 29.8 Å². The molecule has 2 aromatic carbocycles. The molecule has 0 bridgehead atoms. The van der Waals surface area contributed by atoms with Crippen molar-refractivity contribution < 1.29 is 22.8 Å². The molecule has 26 heavy (non-hydrogen) atoms. The number of alkyl halides is 3. The number of nitrogens with zero attached hydrogens (tertiary/aromatic N) is 1. The van der Waals surface area contributed by atoms with Crippen LogP contribution in [0, 0.1) is 0 Å². The van der Waals surface area contributed by atoms with Gasteiger partial charge in [0, 0.05) is 13.6 Å². The van der Waals surface area contributed by atoms with Crippen LogP contribution in [0.1, 0.15) is 21.5 Å². The smallest absolute Gasteiger partial charge is 0.343 e. The van der Waals surface area contributed by atoms with Crippen LogP contribution in [0.2, 0.25) is 5.02 Å². The van der Waals surface area contributed by atoms with Gasteiger partial charge in [-0.15, -0.1) is 0 Å². The fourth-order valence-corrected chi connectivity index (χ4v) is 2.41. The van der Waals surface area contributed by atoms with E-state index in [1.807, 2.05) is 0 Å². The van der Waals surface area contributed by atoms with Crippen molar-refractivity contribution in [2.75, 3.05) is 13.6 Å². The molecule has 8 heteroatoms. The van der Waals surface area contributed by atoms with Gasteiger partial charge in [-0.1, -0.05) is 35.9 Å². The van der Waals surface area contributed by atoms with Crippen molar-refractivity contribution in [2.45, 2.75) is 12.7 Å². The lowest BCUT2D eigenvalue weighted by Gasteiger charge is -2.18. The average molecular weight is 385 g/mol. The molecule has 0 aromatic heterocycles. The highest BCUT2D eigenvalue weighted by Gasteiger charge is 2.30. The molecule has 0 radical (unpaired) electrons. The van der Waals surface area contributed by atoms with Crippen LogP contribution in [0.15, 0.2) is 48.5 Å². The number of halogens is 4. The van der Waals surface area contributed by atoms with Crippen molar-refractivity contribution in [3.63, 3.8) is 0 Å². The first kappa shape index (κ1) is 19.8. The summed E-state index contributed by atoms with van der Waals surface area (Å²) in [5.74, 6) is -0.864. The fraction of sp³-hybridized carbons (Fsp3) is 0.222. The number of nitrogens with one attached hydrogen (secondary N) is 1. The molecule has 0 heterocycles. The first-order valence-electron chi connectivity index (χ1n) is 7.61. The van der Waals surface area contributed by atoms with Crippen LogP contribution in [-0.4, -0.2) is 30.3 Å². The zero-order valence-electron chi connectivity index (χ0n) is 13.8. The van der Waals surface area contributed by atoms with Crippen LogP contribution in [0.25, 0.3) is 0 Å². The second-order valence-electron chi connectivity index (χ2n) is 5.61. The highest BCUT2D eigenvalue weighted by molar-refractivity contribution is 6.33. The molecule has 2 aromatic rings. The van der Waals surface area contributed by atoms with Crippen LogP contribution < -0.4 is 5.32 Å². The van der Waals surface area contributed by atoms with Gasteiger partial charge < -0.3 is 10.2 Å². The monoisotopic (exact) mass is 384 g/mol. The molecule has 0 saturated heterocycles. The zero-order chi connectivity index (χ0) is 19.3. The van der Waals surface area contributed by atoms with E-state index in [1.54, 1.807) is 18.2 Å². The minimum atomic E-state index is -4.40. The van der Waals surface area contributed by atoms with E-state index in [2.05, 4.69) is 5.32 Å². The van der Waals surface area contributed by atoms with E-state index >= 15 is 0 Å². The summed E-state index contributed by atoms with van der Waals surface area (Å²) >= 11 is 5.91. The van der Waals surface area contributed by atoms with Crippen molar-refractivity contribution >= 4 is 23.4 Å². The van der Waals surface area contributed by atoms with E-state index in [4.69, 9.17) is 11.6 Å². The molecular weight excluding hydrogens is 369 g/mol. The number of carbonyl (C=O) groups is 2. The highest BCUT2D eigenvalue weighted by atomic mass is 35.5. The molecule has 0 aliphatic heterocycles. The number of likely N-dealkylation sites (N-methyl/N-ethyl adjacent to an activating group) is 1. The van der Waals surface area contributed by atoms with E-state index in [0.717, 1.165) is 12.1 Å². The number of hydrogen-bond donors (Lipinski definition) is 1. The summed E-state index contributed by atoms with van der Waals surface area (Å²) in [5, 5.41) is 2.75. The Hall–Kier alpha value is -2.54. The third kappa shape index (κ3) is 5.23. The Kier molecular flexibility index (Phi) is 6.26. The minimum Gasteiger partial charge on any atom is -0.343 e. The molecule has 0 aliphatic rings. The molecular formula is C18H16ClF3N2O2. The van der Waals surface area contributed by atoms with E-state index in [9.17, 15) is 22.8 Å². The Bertz CT molecular complexity index is 792. The van der Waals surface area contributed by atoms with Crippen LogP contribution in [0.3, 0.4) is 0 Å². The number of rotatable bonds is 5. The van der Waals surface area contributed by atoms with E-state index in [-0.39, 0.29) is 29.6 Å². The van der Waals surface area contributed by atoms with Gasteiger partial charge in [-0.3, -0.25) is 9.59 Å². The van der Waals surface area contributed by atoms with Crippen molar-refractivity contribution in [3.8, 4) is 0 Å². The van der Waals surface area contributed by atoms with E-state index in [1.165, 1.54) is 30.1 Å². The summed E-state index contributed by atoms with van der Waals surface area (Å²) < 4.78 is 37.6. The molecule has 0 atom stereocenters. The Balaban J connectivity index is 1.89. The zero-order valence-corrected chi connectivity index (χ0v) is 14.6. The molecule has 2 rings (SSSR count). The minimum absolute atomic E-state index is 0.124. The summed E-state index contributed by atoms with van der Waals surface area (Å²) in [4.78, 5) is 25.4. The molecule has 138 valence electrons. The van der Waals surface area contributed by atoms with Crippen molar-refractivity contribution in [1.82, 2.24) is 10.2 Å². The van der Waals surface area contributed by atoms with Gasteiger partial charge in [0.05, 0.1) is 22.7 Å². The first-order chi connectivity index (χ1) is 12.2. The van der Waals surface area contributed by atoms with Gasteiger partial charge in [-0.25, -0.2) is 0 Å². The Morgan fingerprint density at radius 2 is 1.69 bits per heavy atom. The highest BCUT2D eigenvalue weighted by Crippen LogP contribution is 2.29. The SMILES string of the molecule is CN(Cc1ccc(C(F)(F)F)cc1)C(=O)CNC(=O)c1ccccc1Cl. The maximum atomic E-state index is 12.5. The van der Waals surface area contributed by atoms with Gasteiger partial charge in [0.2, 0.25) is 5.91 Å². The van der Waals surface area contributed by atoms with Crippen molar-refractivity contribution in [3.05, 3.63) is 70.2 Å². The predicted molar refractivity (Wildman–Crippen MR) is 91.7 cm³/mol. The summed E-state index contributed by atoms with van der Waals surface area (Å²) in [6, 6.07) is 11.0. The van der Waals surface area contributed by atoms with Gasteiger partial charge in [-0.2, -0.15) is 13.2 Å². The molecule has 0 saturated carbocycles. The van der Waals surface area contributed by atoms with Gasteiger partial charge in [0.1, 0.15) is 0 Å². The van der Waals surface area contributed by atoms with E-state index in [0.29, 0.717) is 5.56 Å². The molecule has 0 spiro atoms. The number of benzene rings is 2. The molecule has 0 fully saturated rings. The maximum Gasteiger partial charge on any atom is 0.416 e. The van der Waals surface area contributed by atoms with Crippen molar-refractivity contribution in [2.24, 2.45) is 0 Å². The van der Waals surface area contributed by atoms with Gasteiger partial charge in [0.15, 0.2) is 0 Å². The Morgan fingerprint density at radius 1 is 1.08 bits per heavy atom. The number of carbonyl (C=O) groups excluding carboxylic acids is 2. The van der Waals surface area contributed by atoms with Crippen LogP contribution in [0.5, 0.6) is 0 Å². The van der Waals surface area contributed by atoms with Crippen molar-refractivity contribution in [1.29, 1.82) is 0 Å². The summed E-state index contributed by atoms with van der Waals surface area (Å²) in [7, 11) is 1.50. The average Bonchev–Trinajstić information content (AvgIpc) is 2.59. The second kappa shape index (κ2) is 8.23. The molecule has 4 nitrogen and oxygen atoms in total. The molecule has 2 amide bonds. The standard InChI is InChI=1S/C18H16ClF3N2O2/c1-24(11-12-6-8-13(9-7-12)18(20,21)22)16(25)10-23-17(26)14-4-2-3-5-15(14)19/h2-9H,10-11H2,1H3,(H,23,26). The van der Waals surface area contributed by atoms with Crippen LogP contribution >= 0.6 is 11.6 Å². The fourth-order valence-electron chi connectivity index (χ4n) is 2.19. The quantitative estimate of drug-likeness (QED) is 0.853. The first-order valence-corrected chi connectivity index (χ1v) is 7.99. The van der Waals surface area contributed by atoms with Gasteiger partial charge in [0.25, 0.3) is 5.91 Å². The topological polar surface area (TPSA) is 49.4 Å². The molecule has 0 unspecified atom stereocenters. The lowest BCUT2D eigenvalue weighted by atomic mass is 10.1. The Morgan fingerprint density at radius 3 is 2.27 bits per heavy atom. The lowest BCUT2D eigenvalue weighted by molar-refractivity contribution is -0.137. The third-order valence-electron chi connectivity index (χ3n) is 3.65. The third-order valence-corrected chi connectivity index (χ3v) is 3.98. The van der Waals surface area contributed by atoms with Crippen LogP contribution in [-0.2, 0) is 17.5 Å². The van der Waals surface area contributed by atoms with E-state index < -0.39 is 17.6 Å².